The van der Waals surface area contributed by atoms with Crippen LogP contribution in [0.4, 0.5) is 0 Å². The van der Waals surface area contributed by atoms with Crippen LogP contribution in [0, 0.1) is 0 Å². The van der Waals surface area contributed by atoms with Gasteiger partial charge in [0, 0.05) is 25.0 Å². The third-order valence-electron chi connectivity index (χ3n) is 3.49. The predicted molar refractivity (Wildman–Crippen MR) is 85.4 cm³/mol. The van der Waals surface area contributed by atoms with Crippen LogP contribution < -0.4 is 0 Å². The highest BCUT2D eigenvalue weighted by Crippen LogP contribution is 2.17. The largest absolute Gasteiger partial charge is 0.378 e. The number of likely N-dealkylation sites (N-methyl/N-ethyl adjacent to an activating group) is 1. The van der Waals surface area contributed by atoms with E-state index in [2.05, 4.69) is 15.1 Å². The molecule has 0 aliphatic carbocycles. The van der Waals surface area contributed by atoms with Crippen molar-refractivity contribution in [3.63, 3.8) is 0 Å². The van der Waals surface area contributed by atoms with E-state index < -0.39 is 12.0 Å². The molecule has 0 aliphatic rings. The molecule has 0 bridgehead atoms. The third-order valence-corrected chi connectivity index (χ3v) is 3.49. The first-order chi connectivity index (χ1) is 11.6. The number of aromatic nitrogens is 3. The summed E-state index contributed by atoms with van der Waals surface area (Å²) in [7, 11) is 1.57. The maximum atomic E-state index is 12.3. The van der Waals surface area contributed by atoms with Gasteiger partial charge in [-0.1, -0.05) is 35.5 Å². The number of nitrogens with zero attached hydrogens (tertiary/aromatic N) is 4. The summed E-state index contributed by atoms with van der Waals surface area (Å²) in [6, 6.07) is 12.3. The number of carbonyl (C=O) groups excluding carboxylic acids is 1. The summed E-state index contributed by atoms with van der Waals surface area (Å²) >= 11 is 0. The molecule has 1 atom stereocenters. The van der Waals surface area contributed by atoms with Gasteiger partial charge >= 0.3 is 0 Å². The van der Waals surface area contributed by atoms with Crippen molar-refractivity contribution in [1.82, 2.24) is 20.0 Å². The lowest BCUT2D eigenvalue weighted by Gasteiger charge is -2.19. The van der Waals surface area contributed by atoms with Gasteiger partial charge in [-0.25, -0.2) is 0 Å². The second-order valence-electron chi connectivity index (χ2n) is 5.26. The minimum absolute atomic E-state index is 0.107. The van der Waals surface area contributed by atoms with Crippen molar-refractivity contribution in [1.29, 1.82) is 0 Å². The fourth-order valence-corrected chi connectivity index (χ4v) is 2.20. The number of pyridine rings is 1. The summed E-state index contributed by atoms with van der Waals surface area (Å²) in [6.45, 7) is 0.107. The molecule has 0 aliphatic heterocycles. The van der Waals surface area contributed by atoms with E-state index in [0.717, 1.165) is 5.56 Å². The van der Waals surface area contributed by atoms with Crippen LogP contribution in [0.5, 0.6) is 0 Å². The molecule has 1 N–H and O–H groups in total. The van der Waals surface area contributed by atoms with Gasteiger partial charge in [-0.2, -0.15) is 4.98 Å². The highest BCUT2D eigenvalue weighted by atomic mass is 16.5. The number of hydrogen-bond acceptors (Lipinski definition) is 6. The second-order valence-corrected chi connectivity index (χ2v) is 5.26. The molecule has 7 nitrogen and oxygen atoms in total. The topological polar surface area (TPSA) is 92.4 Å². The van der Waals surface area contributed by atoms with Crippen LogP contribution >= 0.6 is 0 Å². The summed E-state index contributed by atoms with van der Waals surface area (Å²) < 4.78 is 5.16. The molecule has 0 saturated carbocycles. The first-order valence-corrected chi connectivity index (χ1v) is 7.36. The van der Waals surface area contributed by atoms with Crippen LogP contribution in [0.1, 0.15) is 17.6 Å². The smallest absolute Gasteiger partial charge is 0.256 e. The molecular weight excluding hydrogens is 308 g/mol. The Morgan fingerprint density at radius 2 is 2.04 bits per heavy atom. The molecule has 2 aromatic heterocycles. The van der Waals surface area contributed by atoms with Gasteiger partial charge in [-0.15, -0.1) is 0 Å². The fraction of sp³-hybridized carbons (Fsp3) is 0.176. The van der Waals surface area contributed by atoms with Crippen molar-refractivity contribution >= 4 is 5.91 Å². The monoisotopic (exact) mass is 324 g/mol. The maximum Gasteiger partial charge on any atom is 0.256 e. The summed E-state index contributed by atoms with van der Waals surface area (Å²) in [6.07, 6.45) is 2.06. The van der Waals surface area contributed by atoms with Crippen molar-refractivity contribution in [3.8, 4) is 11.4 Å². The van der Waals surface area contributed by atoms with Crippen molar-refractivity contribution in [2.45, 2.75) is 12.6 Å². The molecule has 1 aromatic carbocycles. The van der Waals surface area contributed by atoms with E-state index in [0.29, 0.717) is 11.4 Å². The summed E-state index contributed by atoms with van der Waals surface area (Å²) in [5.74, 6) is 0.245. The minimum Gasteiger partial charge on any atom is -0.378 e. The van der Waals surface area contributed by atoms with Crippen molar-refractivity contribution < 1.29 is 14.4 Å². The van der Waals surface area contributed by atoms with E-state index in [1.165, 1.54) is 4.90 Å². The Bertz CT molecular complexity index is 805. The molecule has 2 heterocycles. The minimum atomic E-state index is -1.23. The van der Waals surface area contributed by atoms with Crippen molar-refractivity contribution in [2.75, 3.05) is 7.05 Å². The van der Waals surface area contributed by atoms with Gasteiger partial charge in [0.1, 0.15) is 0 Å². The average molecular weight is 324 g/mol. The van der Waals surface area contributed by atoms with Crippen LogP contribution in [-0.2, 0) is 11.3 Å². The summed E-state index contributed by atoms with van der Waals surface area (Å²) in [4.78, 5) is 21.9. The van der Waals surface area contributed by atoms with Crippen molar-refractivity contribution in [3.05, 3.63) is 66.3 Å². The van der Waals surface area contributed by atoms with Gasteiger partial charge in [0.15, 0.2) is 6.10 Å². The van der Waals surface area contributed by atoms with E-state index >= 15 is 0 Å². The predicted octanol–water partition coefficient (Wildman–Crippen LogP) is 1.82. The highest BCUT2D eigenvalue weighted by Gasteiger charge is 2.22. The Hall–Kier alpha value is -3.06. The van der Waals surface area contributed by atoms with Crippen molar-refractivity contribution in [2.24, 2.45) is 0 Å². The number of aliphatic hydroxyl groups excluding tert-OH is 1. The van der Waals surface area contributed by atoms with Crippen LogP contribution in [0.25, 0.3) is 11.4 Å². The quantitative estimate of drug-likeness (QED) is 0.769. The zero-order chi connectivity index (χ0) is 16.9. The van der Waals surface area contributed by atoms with Crippen LogP contribution in [0.2, 0.25) is 0 Å². The Balaban J connectivity index is 1.68. The zero-order valence-corrected chi connectivity index (χ0v) is 13.0. The number of carbonyl (C=O) groups is 1. The number of aliphatic hydroxyl groups is 1. The normalized spacial score (nSPS) is 11.9. The van der Waals surface area contributed by atoms with Crippen LogP contribution in [0.15, 0.2) is 59.4 Å². The molecule has 3 rings (SSSR count). The van der Waals surface area contributed by atoms with Gasteiger partial charge in [-0.05, 0) is 17.7 Å². The second kappa shape index (κ2) is 7.01. The fourth-order valence-electron chi connectivity index (χ4n) is 2.20. The van der Waals surface area contributed by atoms with Gasteiger partial charge in [-0.3, -0.25) is 9.78 Å². The molecular formula is C17H16N4O3. The van der Waals surface area contributed by atoms with E-state index in [1.807, 2.05) is 12.1 Å². The first kappa shape index (κ1) is 15.8. The molecule has 122 valence electrons. The standard InChI is InChI=1S/C17H16N4O3/c1-21(17(23)15(22)12-6-3-2-4-7-12)11-14-19-16(20-24-14)13-8-5-9-18-10-13/h2-10,15,22H,11H2,1H3. The highest BCUT2D eigenvalue weighted by molar-refractivity contribution is 5.81. The lowest BCUT2D eigenvalue weighted by Crippen LogP contribution is -2.31. The number of rotatable bonds is 5. The van der Waals surface area contributed by atoms with Gasteiger partial charge < -0.3 is 14.5 Å². The van der Waals surface area contributed by atoms with Crippen LogP contribution in [0.3, 0.4) is 0 Å². The zero-order valence-electron chi connectivity index (χ0n) is 13.0. The molecule has 0 fully saturated rings. The van der Waals surface area contributed by atoms with E-state index in [9.17, 15) is 9.90 Å². The van der Waals surface area contributed by atoms with E-state index in [4.69, 9.17) is 4.52 Å². The summed E-state index contributed by atoms with van der Waals surface area (Å²) in [5.41, 5.74) is 1.27. The Kier molecular flexibility index (Phi) is 4.62. The Labute approximate surface area is 138 Å². The van der Waals surface area contributed by atoms with Gasteiger partial charge in [0.25, 0.3) is 5.91 Å². The maximum absolute atomic E-state index is 12.3. The lowest BCUT2D eigenvalue weighted by molar-refractivity contribution is -0.140. The Morgan fingerprint density at radius 3 is 2.75 bits per heavy atom. The third kappa shape index (κ3) is 3.47. The lowest BCUT2D eigenvalue weighted by atomic mass is 10.1. The molecule has 7 heteroatoms. The van der Waals surface area contributed by atoms with E-state index in [1.54, 1.807) is 49.8 Å². The molecule has 0 saturated heterocycles. The average Bonchev–Trinajstić information content (AvgIpc) is 3.10. The number of amides is 1. The molecule has 3 aromatic rings. The molecule has 1 unspecified atom stereocenters. The molecule has 0 spiro atoms. The SMILES string of the molecule is CN(Cc1nc(-c2cccnc2)no1)C(=O)C(O)c1ccccc1. The first-order valence-electron chi connectivity index (χ1n) is 7.36. The molecule has 24 heavy (non-hydrogen) atoms. The molecule has 0 radical (unpaired) electrons. The number of hydrogen-bond donors (Lipinski definition) is 1. The van der Waals surface area contributed by atoms with Gasteiger partial charge in [0.2, 0.25) is 11.7 Å². The number of benzene rings is 1. The Morgan fingerprint density at radius 1 is 1.25 bits per heavy atom. The van der Waals surface area contributed by atoms with Gasteiger partial charge in [0.05, 0.1) is 6.54 Å². The molecule has 1 amide bonds. The van der Waals surface area contributed by atoms with E-state index in [-0.39, 0.29) is 12.4 Å². The summed E-state index contributed by atoms with van der Waals surface area (Å²) in [5, 5.41) is 14.0. The van der Waals surface area contributed by atoms with Crippen LogP contribution in [-0.4, -0.2) is 38.1 Å².